The molecule has 0 aliphatic rings. The Hall–Kier alpha value is -2.01. The first-order valence-corrected chi connectivity index (χ1v) is 5.35. The lowest BCUT2D eigenvalue weighted by atomic mass is 10.3. The second-order valence-corrected chi connectivity index (χ2v) is 3.49. The normalized spacial score (nSPS) is 10.2. The Labute approximate surface area is 99.9 Å². The summed E-state index contributed by atoms with van der Waals surface area (Å²) in [7, 11) is 1.61. The molecule has 2 aromatic rings. The molecule has 0 spiro atoms. The van der Waals surface area contributed by atoms with Gasteiger partial charge in [0.05, 0.1) is 18.5 Å². The molecule has 1 N–H and O–H groups in total. The third-order valence-corrected chi connectivity index (χ3v) is 2.23. The summed E-state index contributed by atoms with van der Waals surface area (Å²) in [6, 6.07) is 9.50. The molecular formula is C12H14N4O. The molecule has 2 rings (SSSR count). The first kappa shape index (κ1) is 11.5. The van der Waals surface area contributed by atoms with E-state index in [0.717, 1.165) is 11.4 Å². The molecule has 0 bridgehead atoms. The molecule has 0 saturated carbocycles. The number of aromatic nitrogens is 3. The average Bonchev–Trinajstić information content (AvgIpc) is 2.40. The Balaban J connectivity index is 1.86. The quantitative estimate of drug-likeness (QED) is 0.835. The van der Waals surface area contributed by atoms with Crippen LogP contribution in [0.5, 0.6) is 5.88 Å². The molecule has 2 aromatic heterocycles. The van der Waals surface area contributed by atoms with Crippen LogP contribution in [-0.2, 0) is 13.1 Å². The van der Waals surface area contributed by atoms with Gasteiger partial charge in [0.2, 0.25) is 5.88 Å². The van der Waals surface area contributed by atoms with Gasteiger partial charge in [-0.3, -0.25) is 0 Å². The minimum absolute atomic E-state index is 0.629. The molecular weight excluding hydrogens is 216 g/mol. The number of hydrogen-bond acceptors (Lipinski definition) is 5. The number of nitrogens with one attached hydrogen (secondary N) is 1. The first-order chi connectivity index (χ1) is 8.38. The molecule has 17 heavy (non-hydrogen) atoms. The van der Waals surface area contributed by atoms with Crippen molar-refractivity contribution in [3.05, 3.63) is 47.9 Å². The van der Waals surface area contributed by atoms with Crippen molar-refractivity contribution in [2.45, 2.75) is 13.1 Å². The highest BCUT2D eigenvalue weighted by molar-refractivity contribution is 5.15. The Morgan fingerprint density at radius 3 is 2.71 bits per heavy atom. The molecule has 0 atom stereocenters. The highest BCUT2D eigenvalue weighted by atomic mass is 16.5. The second-order valence-electron chi connectivity index (χ2n) is 3.49. The van der Waals surface area contributed by atoms with E-state index >= 15 is 0 Å². The highest BCUT2D eigenvalue weighted by Gasteiger charge is 1.98. The van der Waals surface area contributed by atoms with E-state index < -0.39 is 0 Å². The lowest BCUT2D eigenvalue weighted by Crippen LogP contribution is -2.14. The van der Waals surface area contributed by atoms with Gasteiger partial charge in [-0.15, -0.1) is 0 Å². The summed E-state index contributed by atoms with van der Waals surface area (Å²) in [6.45, 7) is 1.35. The summed E-state index contributed by atoms with van der Waals surface area (Å²) in [6.07, 6.45) is 1.66. The molecule has 5 heteroatoms. The zero-order valence-electron chi connectivity index (χ0n) is 9.63. The van der Waals surface area contributed by atoms with Crippen LogP contribution in [0.4, 0.5) is 0 Å². The van der Waals surface area contributed by atoms with Crippen molar-refractivity contribution in [2.75, 3.05) is 7.11 Å². The van der Waals surface area contributed by atoms with Crippen LogP contribution in [0.1, 0.15) is 11.4 Å². The summed E-state index contributed by atoms with van der Waals surface area (Å²) >= 11 is 0. The second kappa shape index (κ2) is 5.91. The van der Waals surface area contributed by atoms with Crippen LogP contribution in [-0.4, -0.2) is 22.3 Å². The minimum Gasteiger partial charge on any atom is -0.481 e. The molecule has 88 valence electrons. The Kier molecular flexibility index (Phi) is 3.99. The zero-order chi connectivity index (χ0) is 11.9. The Morgan fingerprint density at radius 1 is 1.12 bits per heavy atom. The van der Waals surface area contributed by atoms with Crippen LogP contribution in [0.2, 0.25) is 0 Å². The van der Waals surface area contributed by atoms with Crippen molar-refractivity contribution in [2.24, 2.45) is 0 Å². The number of ether oxygens (including phenoxy) is 1. The van der Waals surface area contributed by atoms with Crippen molar-refractivity contribution < 1.29 is 4.74 Å². The Bertz CT molecular complexity index is 461. The monoisotopic (exact) mass is 230 g/mol. The van der Waals surface area contributed by atoms with Crippen molar-refractivity contribution >= 4 is 0 Å². The maximum absolute atomic E-state index is 5.06. The van der Waals surface area contributed by atoms with Crippen LogP contribution >= 0.6 is 0 Å². The van der Waals surface area contributed by atoms with Gasteiger partial charge in [-0.2, -0.15) is 10.2 Å². The van der Waals surface area contributed by atoms with E-state index in [1.807, 2.05) is 30.3 Å². The topological polar surface area (TPSA) is 59.9 Å². The van der Waals surface area contributed by atoms with Crippen LogP contribution < -0.4 is 10.1 Å². The Morgan fingerprint density at radius 2 is 1.94 bits per heavy atom. The predicted octanol–water partition coefficient (Wildman–Crippen LogP) is 1.17. The van der Waals surface area contributed by atoms with Crippen LogP contribution in [0.15, 0.2) is 36.5 Å². The lowest BCUT2D eigenvalue weighted by Gasteiger charge is -2.04. The number of nitrogens with zero attached hydrogens (tertiary/aromatic N) is 3. The van der Waals surface area contributed by atoms with Crippen molar-refractivity contribution in [1.29, 1.82) is 0 Å². The molecule has 0 fully saturated rings. The van der Waals surface area contributed by atoms with Gasteiger partial charge in [-0.25, -0.2) is 4.98 Å². The van der Waals surface area contributed by atoms with E-state index in [4.69, 9.17) is 4.74 Å². The summed E-state index contributed by atoms with van der Waals surface area (Å²) < 4.78 is 5.06. The van der Waals surface area contributed by atoms with Crippen molar-refractivity contribution in [3.8, 4) is 5.88 Å². The van der Waals surface area contributed by atoms with E-state index in [0.29, 0.717) is 19.0 Å². The molecule has 0 saturated heterocycles. The predicted molar refractivity (Wildman–Crippen MR) is 63.4 cm³/mol. The fourth-order valence-electron chi connectivity index (χ4n) is 1.42. The molecule has 2 heterocycles. The first-order valence-electron chi connectivity index (χ1n) is 5.35. The molecule has 5 nitrogen and oxygen atoms in total. The maximum atomic E-state index is 5.06. The van der Waals surface area contributed by atoms with Crippen molar-refractivity contribution in [1.82, 2.24) is 20.5 Å². The fraction of sp³-hybridized carbons (Fsp3) is 0.250. The molecule has 0 amide bonds. The molecule has 0 aliphatic heterocycles. The number of methoxy groups -OCH3 is 1. The average molecular weight is 230 g/mol. The third kappa shape index (κ3) is 3.49. The number of hydrogen-bond donors (Lipinski definition) is 1. The summed E-state index contributed by atoms with van der Waals surface area (Å²) in [5.74, 6) is 0.629. The fourth-order valence-corrected chi connectivity index (χ4v) is 1.42. The van der Waals surface area contributed by atoms with Gasteiger partial charge in [0, 0.05) is 25.4 Å². The van der Waals surface area contributed by atoms with E-state index in [-0.39, 0.29) is 0 Å². The van der Waals surface area contributed by atoms with Crippen LogP contribution in [0, 0.1) is 0 Å². The van der Waals surface area contributed by atoms with Gasteiger partial charge in [0.15, 0.2) is 0 Å². The summed E-state index contributed by atoms with van der Waals surface area (Å²) in [5.41, 5.74) is 1.85. The van der Waals surface area contributed by atoms with Gasteiger partial charge in [0.25, 0.3) is 0 Å². The van der Waals surface area contributed by atoms with Gasteiger partial charge in [0.1, 0.15) is 0 Å². The van der Waals surface area contributed by atoms with E-state index in [9.17, 15) is 0 Å². The summed E-state index contributed by atoms with van der Waals surface area (Å²) in [4.78, 5) is 4.30. The lowest BCUT2D eigenvalue weighted by molar-refractivity contribution is 0.395. The number of pyridine rings is 1. The standard InChI is InChI=1S/C12H14N4O/c1-17-12-6-2-4-10(15-12)8-13-9-11-5-3-7-14-16-11/h2-7,13H,8-9H2,1H3. The SMILES string of the molecule is COc1cccc(CNCc2cccnn2)n1. The van der Waals surface area contributed by atoms with Gasteiger partial charge >= 0.3 is 0 Å². The van der Waals surface area contributed by atoms with Gasteiger partial charge in [-0.1, -0.05) is 6.07 Å². The van der Waals surface area contributed by atoms with E-state index in [1.165, 1.54) is 0 Å². The van der Waals surface area contributed by atoms with E-state index in [1.54, 1.807) is 13.3 Å². The van der Waals surface area contributed by atoms with Crippen molar-refractivity contribution in [3.63, 3.8) is 0 Å². The van der Waals surface area contributed by atoms with Crippen LogP contribution in [0.25, 0.3) is 0 Å². The van der Waals surface area contributed by atoms with Crippen LogP contribution in [0.3, 0.4) is 0 Å². The minimum atomic E-state index is 0.629. The van der Waals surface area contributed by atoms with Gasteiger partial charge < -0.3 is 10.1 Å². The maximum Gasteiger partial charge on any atom is 0.213 e. The molecule has 0 unspecified atom stereocenters. The molecule has 0 aromatic carbocycles. The highest BCUT2D eigenvalue weighted by Crippen LogP contribution is 2.06. The third-order valence-electron chi connectivity index (χ3n) is 2.23. The molecule has 0 aliphatic carbocycles. The number of rotatable bonds is 5. The van der Waals surface area contributed by atoms with E-state index in [2.05, 4.69) is 20.5 Å². The largest absolute Gasteiger partial charge is 0.481 e. The summed E-state index contributed by atoms with van der Waals surface area (Å²) in [5, 5.41) is 11.0. The zero-order valence-corrected chi connectivity index (χ0v) is 9.63. The smallest absolute Gasteiger partial charge is 0.213 e. The van der Waals surface area contributed by atoms with Gasteiger partial charge in [-0.05, 0) is 18.2 Å². The molecule has 0 radical (unpaired) electrons.